The maximum atomic E-state index is 5.77. The third kappa shape index (κ3) is 3.43. The van der Waals surface area contributed by atoms with Crippen molar-refractivity contribution in [2.45, 2.75) is 64.5 Å². The molecule has 0 spiro atoms. The van der Waals surface area contributed by atoms with Crippen molar-refractivity contribution in [3.63, 3.8) is 0 Å². The molecular formula is C12H24ClN. The number of halogens is 1. The summed E-state index contributed by atoms with van der Waals surface area (Å²) in [6.45, 7) is 5.85. The first-order valence-corrected chi connectivity index (χ1v) is 6.64. The first kappa shape index (κ1) is 12.3. The fraction of sp³-hybridized carbons (Fsp3) is 1.00. The molecule has 0 amide bonds. The Morgan fingerprint density at radius 3 is 2.57 bits per heavy atom. The lowest BCUT2D eigenvalue weighted by Crippen LogP contribution is -2.46. The van der Waals surface area contributed by atoms with Crippen molar-refractivity contribution in [3.05, 3.63) is 0 Å². The van der Waals surface area contributed by atoms with E-state index in [0.29, 0.717) is 0 Å². The van der Waals surface area contributed by atoms with E-state index >= 15 is 0 Å². The minimum Gasteiger partial charge on any atom is -0.298 e. The molecule has 1 fully saturated rings. The molecule has 0 radical (unpaired) electrons. The van der Waals surface area contributed by atoms with Crippen LogP contribution in [0.5, 0.6) is 0 Å². The van der Waals surface area contributed by atoms with Gasteiger partial charge in [-0.15, -0.1) is 11.6 Å². The highest BCUT2D eigenvalue weighted by Gasteiger charge is 2.27. The van der Waals surface area contributed by atoms with E-state index in [-0.39, 0.29) is 0 Å². The lowest BCUT2D eigenvalue weighted by Gasteiger charge is -2.41. The fourth-order valence-electron chi connectivity index (χ4n) is 2.31. The van der Waals surface area contributed by atoms with Gasteiger partial charge in [-0.25, -0.2) is 0 Å². The largest absolute Gasteiger partial charge is 0.298 e. The molecule has 1 aliphatic carbocycles. The van der Waals surface area contributed by atoms with Gasteiger partial charge >= 0.3 is 0 Å². The van der Waals surface area contributed by atoms with Gasteiger partial charge in [-0.05, 0) is 39.2 Å². The van der Waals surface area contributed by atoms with Gasteiger partial charge in [-0.1, -0.05) is 19.8 Å². The Kier molecular flexibility index (Phi) is 5.88. The third-order valence-electron chi connectivity index (χ3n) is 3.37. The molecule has 0 aliphatic heterocycles. The van der Waals surface area contributed by atoms with E-state index in [0.717, 1.165) is 24.4 Å². The summed E-state index contributed by atoms with van der Waals surface area (Å²) in [4.78, 5) is 2.69. The number of alkyl halides is 1. The monoisotopic (exact) mass is 217 g/mol. The highest BCUT2D eigenvalue weighted by molar-refractivity contribution is 6.17. The molecule has 84 valence electrons. The second kappa shape index (κ2) is 6.68. The van der Waals surface area contributed by atoms with E-state index in [4.69, 9.17) is 11.6 Å². The molecule has 2 heteroatoms. The predicted octanol–water partition coefficient (Wildman–Crippen LogP) is 3.66. The maximum absolute atomic E-state index is 5.77. The smallest absolute Gasteiger partial charge is 0.0235 e. The number of hydrogen-bond donors (Lipinski definition) is 0. The quantitative estimate of drug-likeness (QED) is 0.589. The van der Waals surface area contributed by atoms with E-state index in [9.17, 15) is 0 Å². The van der Waals surface area contributed by atoms with Gasteiger partial charge in [0.1, 0.15) is 0 Å². The lowest BCUT2D eigenvalue weighted by molar-refractivity contribution is 0.0826. The SMILES string of the molecule is CCCC(C)N(CCCCl)C1CCC1. The van der Waals surface area contributed by atoms with Crippen LogP contribution in [-0.4, -0.2) is 29.4 Å². The lowest BCUT2D eigenvalue weighted by atomic mass is 9.90. The topological polar surface area (TPSA) is 3.24 Å². The molecular weight excluding hydrogens is 194 g/mol. The zero-order valence-corrected chi connectivity index (χ0v) is 10.4. The fourth-order valence-corrected chi connectivity index (χ4v) is 2.43. The summed E-state index contributed by atoms with van der Waals surface area (Å²) < 4.78 is 0. The number of rotatable bonds is 7. The van der Waals surface area contributed by atoms with Crippen LogP contribution in [0.4, 0.5) is 0 Å². The van der Waals surface area contributed by atoms with Crippen molar-refractivity contribution >= 4 is 11.6 Å². The van der Waals surface area contributed by atoms with Gasteiger partial charge in [0.15, 0.2) is 0 Å². The van der Waals surface area contributed by atoms with Crippen molar-refractivity contribution < 1.29 is 0 Å². The Bertz CT molecular complexity index is 145. The van der Waals surface area contributed by atoms with E-state index in [1.165, 1.54) is 38.6 Å². The zero-order chi connectivity index (χ0) is 10.4. The summed E-state index contributed by atoms with van der Waals surface area (Å²) in [6, 6.07) is 1.63. The summed E-state index contributed by atoms with van der Waals surface area (Å²) in [7, 11) is 0. The second-order valence-corrected chi connectivity index (χ2v) is 4.88. The van der Waals surface area contributed by atoms with Gasteiger partial charge in [-0.2, -0.15) is 0 Å². The zero-order valence-electron chi connectivity index (χ0n) is 9.64. The predicted molar refractivity (Wildman–Crippen MR) is 64.1 cm³/mol. The van der Waals surface area contributed by atoms with Crippen LogP contribution in [0.2, 0.25) is 0 Å². The Balaban J connectivity index is 2.34. The molecule has 1 rings (SSSR count). The van der Waals surface area contributed by atoms with Crippen LogP contribution in [0.3, 0.4) is 0 Å². The van der Waals surface area contributed by atoms with Gasteiger partial charge in [0.05, 0.1) is 0 Å². The van der Waals surface area contributed by atoms with Crippen LogP contribution >= 0.6 is 11.6 Å². The van der Waals surface area contributed by atoms with E-state index in [1.54, 1.807) is 0 Å². The molecule has 0 aromatic carbocycles. The van der Waals surface area contributed by atoms with Crippen LogP contribution in [0.15, 0.2) is 0 Å². The van der Waals surface area contributed by atoms with Crippen LogP contribution in [0, 0.1) is 0 Å². The Morgan fingerprint density at radius 2 is 2.14 bits per heavy atom. The van der Waals surface area contributed by atoms with Crippen LogP contribution in [-0.2, 0) is 0 Å². The van der Waals surface area contributed by atoms with Crippen molar-refractivity contribution in [2.24, 2.45) is 0 Å². The molecule has 1 saturated carbocycles. The molecule has 14 heavy (non-hydrogen) atoms. The van der Waals surface area contributed by atoms with Gasteiger partial charge in [0.25, 0.3) is 0 Å². The van der Waals surface area contributed by atoms with Crippen molar-refractivity contribution in [3.8, 4) is 0 Å². The average Bonchev–Trinajstić information content (AvgIpc) is 2.09. The normalized spacial score (nSPS) is 19.7. The molecule has 0 saturated heterocycles. The highest BCUT2D eigenvalue weighted by atomic mass is 35.5. The van der Waals surface area contributed by atoms with E-state index < -0.39 is 0 Å². The van der Waals surface area contributed by atoms with Crippen LogP contribution < -0.4 is 0 Å². The van der Waals surface area contributed by atoms with Gasteiger partial charge in [-0.3, -0.25) is 4.90 Å². The molecule has 1 unspecified atom stereocenters. The van der Waals surface area contributed by atoms with Crippen LogP contribution in [0.1, 0.15) is 52.4 Å². The average molecular weight is 218 g/mol. The molecule has 1 atom stereocenters. The molecule has 0 aromatic rings. The van der Waals surface area contributed by atoms with Gasteiger partial charge in [0.2, 0.25) is 0 Å². The second-order valence-electron chi connectivity index (χ2n) is 4.50. The Hall–Kier alpha value is 0.250. The maximum Gasteiger partial charge on any atom is 0.0235 e. The number of nitrogens with zero attached hydrogens (tertiary/aromatic N) is 1. The molecule has 1 aliphatic rings. The summed E-state index contributed by atoms with van der Waals surface area (Å²) in [6.07, 6.45) is 8.03. The van der Waals surface area contributed by atoms with Crippen molar-refractivity contribution in [1.82, 2.24) is 4.90 Å². The molecule has 1 nitrogen and oxygen atoms in total. The van der Waals surface area contributed by atoms with Crippen molar-refractivity contribution in [2.75, 3.05) is 12.4 Å². The molecule has 0 N–H and O–H groups in total. The van der Waals surface area contributed by atoms with Crippen molar-refractivity contribution in [1.29, 1.82) is 0 Å². The third-order valence-corrected chi connectivity index (χ3v) is 3.63. The summed E-state index contributed by atoms with van der Waals surface area (Å²) in [5.41, 5.74) is 0. The molecule has 0 aromatic heterocycles. The summed E-state index contributed by atoms with van der Waals surface area (Å²) in [5.74, 6) is 0.808. The Labute approximate surface area is 93.8 Å². The molecule has 0 heterocycles. The number of hydrogen-bond acceptors (Lipinski definition) is 1. The summed E-state index contributed by atoms with van der Waals surface area (Å²) in [5, 5.41) is 0. The first-order chi connectivity index (χ1) is 6.79. The van der Waals surface area contributed by atoms with Gasteiger partial charge < -0.3 is 0 Å². The Morgan fingerprint density at radius 1 is 1.43 bits per heavy atom. The van der Waals surface area contributed by atoms with Gasteiger partial charge in [0, 0.05) is 18.0 Å². The first-order valence-electron chi connectivity index (χ1n) is 6.11. The standard InChI is InChI=1S/C12H24ClN/c1-3-6-11(2)14(10-5-9-13)12-7-4-8-12/h11-12H,3-10H2,1-2H3. The van der Waals surface area contributed by atoms with Crippen LogP contribution in [0.25, 0.3) is 0 Å². The minimum atomic E-state index is 0.758. The minimum absolute atomic E-state index is 0.758. The highest BCUT2D eigenvalue weighted by Crippen LogP contribution is 2.27. The molecule has 0 bridgehead atoms. The van der Waals surface area contributed by atoms with E-state index in [2.05, 4.69) is 18.7 Å². The van der Waals surface area contributed by atoms with E-state index in [1.807, 2.05) is 0 Å². The summed E-state index contributed by atoms with van der Waals surface area (Å²) >= 11 is 5.77.